The maximum Gasteiger partial charge on any atom is 0.138 e. The molecule has 2 aromatic rings. The van der Waals surface area contributed by atoms with Crippen LogP contribution in [0.5, 0.6) is 0 Å². The summed E-state index contributed by atoms with van der Waals surface area (Å²) in [6, 6.07) is 5.17. The Bertz CT molecular complexity index is 577. The molecule has 0 fully saturated rings. The molecule has 0 aliphatic rings. The monoisotopic (exact) mass is 276 g/mol. The van der Waals surface area contributed by atoms with Crippen LogP contribution in [-0.4, -0.2) is 21.8 Å². The molecule has 2 rings (SSSR count). The number of halogens is 1. The van der Waals surface area contributed by atoms with E-state index in [4.69, 9.17) is 0 Å². The van der Waals surface area contributed by atoms with Crippen molar-refractivity contribution in [2.24, 2.45) is 0 Å². The molecule has 0 bridgehead atoms. The number of likely N-dealkylation sites (N-methyl/N-ethyl adjacent to an activating group) is 1. The van der Waals surface area contributed by atoms with Gasteiger partial charge in [-0.05, 0) is 51.1 Å². The first-order chi connectivity index (χ1) is 9.52. The van der Waals surface area contributed by atoms with Gasteiger partial charge >= 0.3 is 0 Å². The SMILES string of the molecule is CNC(Cc1ncnn1C(C)C)c1cc(F)ccc1C. The molecule has 0 aliphatic carbocycles. The fourth-order valence-electron chi connectivity index (χ4n) is 2.39. The number of nitrogens with zero attached hydrogens (tertiary/aromatic N) is 3. The highest BCUT2D eigenvalue weighted by Crippen LogP contribution is 2.22. The Morgan fingerprint density at radius 3 is 2.75 bits per heavy atom. The number of hydrogen-bond donors (Lipinski definition) is 1. The van der Waals surface area contributed by atoms with Crippen LogP contribution in [0, 0.1) is 12.7 Å². The molecule has 0 saturated carbocycles. The average Bonchev–Trinajstić information content (AvgIpc) is 2.87. The zero-order chi connectivity index (χ0) is 14.7. The zero-order valence-corrected chi connectivity index (χ0v) is 12.4. The summed E-state index contributed by atoms with van der Waals surface area (Å²) in [5, 5.41) is 7.48. The van der Waals surface area contributed by atoms with Crippen molar-refractivity contribution >= 4 is 0 Å². The second-order valence-corrected chi connectivity index (χ2v) is 5.26. The van der Waals surface area contributed by atoms with Crippen molar-refractivity contribution in [3.63, 3.8) is 0 Å². The van der Waals surface area contributed by atoms with Crippen molar-refractivity contribution in [1.29, 1.82) is 0 Å². The highest BCUT2D eigenvalue weighted by atomic mass is 19.1. The van der Waals surface area contributed by atoms with E-state index >= 15 is 0 Å². The van der Waals surface area contributed by atoms with Crippen LogP contribution in [0.3, 0.4) is 0 Å². The minimum absolute atomic E-state index is 0.0207. The molecule has 20 heavy (non-hydrogen) atoms. The van der Waals surface area contributed by atoms with Crippen LogP contribution in [0.2, 0.25) is 0 Å². The Hall–Kier alpha value is -1.75. The predicted octanol–water partition coefficient (Wildman–Crippen LogP) is 2.81. The molecule has 0 aliphatic heterocycles. The first-order valence-corrected chi connectivity index (χ1v) is 6.84. The van der Waals surface area contributed by atoms with Crippen LogP contribution in [0.1, 0.15) is 42.9 Å². The van der Waals surface area contributed by atoms with E-state index in [1.165, 1.54) is 6.07 Å². The summed E-state index contributed by atoms with van der Waals surface area (Å²) in [5.74, 6) is 0.694. The predicted molar refractivity (Wildman–Crippen MR) is 77.0 cm³/mol. The molecular weight excluding hydrogens is 255 g/mol. The third-order valence-corrected chi connectivity index (χ3v) is 3.49. The summed E-state index contributed by atoms with van der Waals surface area (Å²) in [6.45, 7) is 6.13. The summed E-state index contributed by atoms with van der Waals surface area (Å²) in [5.41, 5.74) is 2.03. The Morgan fingerprint density at radius 2 is 2.10 bits per heavy atom. The van der Waals surface area contributed by atoms with E-state index in [1.54, 1.807) is 12.4 Å². The molecule has 1 unspecified atom stereocenters. The molecule has 1 aromatic carbocycles. The van der Waals surface area contributed by atoms with Crippen molar-refractivity contribution in [2.75, 3.05) is 7.05 Å². The number of nitrogens with one attached hydrogen (secondary N) is 1. The highest BCUT2D eigenvalue weighted by Gasteiger charge is 2.17. The second kappa shape index (κ2) is 6.13. The van der Waals surface area contributed by atoms with Gasteiger partial charge in [0, 0.05) is 18.5 Å². The smallest absolute Gasteiger partial charge is 0.138 e. The van der Waals surface area contributed by atoms with Crippen LogP contribution in [0.15, 0.2) is 24.5 Å². The molecule has 0 amide bonds. The second-order valence-electron chi connectivity index (χ2n) is 5.26. The van der Waals surface area contributed by atoms with Crippen LogP contribution in [0.25, 0.3) is 0 Å². The summed E-state index contributed by atoms with van der Waals surface area (Å²) in [6.07, 6.45) is 2.25. The molecule has 0 saturated heterocycles. The molecule has 0 spiro atoms. The molecule has 4 nitrogen and oxygen atoms in total. The summed E-state index contributed by atoms with van der Waals surface area (Å²) < 4.78 is 15.4. The molecule has 1 N–H and O–H groups in total. The summed E-state index contributed by atoms with van der Waals surface area (Å²) in [7, 11) is 1.88. The number of aryl methyl sites for hydroxylation is 1. The first-order valence-electron chi connectivity index (χ1n) is 6.84. The van der Waals surface area contributed by atoms with Gasteiger partial charge in [0.2, 0.25) is 0 Å². The number of hydrogen-bond acceptors (Lipinski definition) is 3. The van der Waals surface area contributed by atoms with Gasteiger partial charge < -0.3 is 5.32 Å². The van der Waals surface area contributed by atoms with E-state index in [1.807, 2.05) is 24.7 Å². The maximum atomic E-state index is 13.5. The van der Waals surface area contributed by atoms with Crippen molar-refractivity contribution in [1.82, 2.24) is 20.1 Å². The van der Waals surface area contributed by atoms with E-state index < -0.39 is 0 Å². The number of benzene rings is 1. The van der Waals surface area contributed by atoms with Gasteiger partial charge in [-0.1, -0.05) is 6.07 Å². The molecule has 5 heteroatoms. The van der Waals surface area contributed by atoms with Crippen molar-refractivity contribution in [3.05, 3.63) is 47.3 Å². The Balaban J connectivity index is 2.29. The van der Waals surface area contributed by atoms with E-state index in [0.717, 1.165) is 17.0 Å². The van der Waals surface area contributed by atoms with E-state index in [-0.39, 0.29) is 17.9 Å². The standard InChI is InChI=1S/C15H21FN4/c1-10(2)20-15(18-9-19-20)8-14(17-4)13-7-12(16)6-5-11(13)3/h5-7,9-10,14,17H,8H2,1-4H3. The summed E-state index contributed by atoms with van der Waals surface area (Å²) in [4.78, 5) is 4.32. The van der Waals surface area contributed by atoms with Crippen molar-refractivity contribution in [3.8, 4) is 0 Å². The molecular formula is C15H21FN4. The van der Waals surface area contributed by atoms with Crippen LogP contribution in [0.4, 0.5) is 4.39 Å². The molecule has 1 aromatic heterocycles. The third kappa shape index (κ3) is 3.04. The largest absolute Gasteiger partial charge is 0.313 e. The van der Waals surface area contributed by atoms with Gasteiger partial charge in [-0.2, -0.15) is 5.10 Å². The first kappa shape index (κ1) is 14.7. The minimum Gasteiger partial charge on any atom is -0.313 e. The van der Waals surface area contributed by atoms with Crippen molar-refractivity contribution in [2.45, 2.75) is 39.3 Å². The fraction of sp³-hybridized carbons (Fsp3) is 0.467. The van der Waals surface area contributed by atoms with E-state index in [2.05, 4.69) is 29.2 Å². The van der Waals surface area contributed by atoms with Gasteiger partial charge in [-0.25, -0.2) is 14.1 Å². The Kier molecular flexibility index (Phi) is 4.49. The molecule has 108 valence electrons. The van der Waals surface area contributed by atoms with Crippen LogP contribution < -0.4 is 5.32 Å². The molecule has 1 heterocycles. The average molecular weight is 276 g/mol. The lowest BCUT2D eigenvalue weighted by atomic mass is 9.98. The molecule has 0 radical (unpaired) electrons. The topological polar surface area (TPSA) is 42.7 Å². The Labute approximate surface area is 119 Å². The van der Waals surface area contributed by atoms with E-state index in [9.17, 15) is 4.39 Å². The van der Waals surface area contributed by atoms with Gasteiger partial charge in [0.05, 0.1) is 0 Å². The minimum atomic E-state index is -0.212. The number of aromatic nitrogens is 3. The quantitative estimate of drug-likeness (QED) is 0.913. The van der Waals surface area contributed by atoms with Crippen molar-refractivity contribution < 1.29 is 4.39 Å². The summed E-state index contributed by atoms with van der Waals surface area (Å²) >= 11 is 0. The van der Waals surface area contributed by atoms with Gasteiger partial charge in [0.25, 0.3) is 0 Å². The number of rotatable bonds is 5. The highest BCUT2D eigenvalue weighted by molar-refractivity contribution is 5.30. The van der Waals surface area contributed by atoms with Gasteiger partial charge in [-0.3, -0.25) is 0 Å². The fourth-order valence-corrected chi connectivity index (χ4v) is 2.39. The lowest BCUT2D eigenvalue weighted by Gasteiger charge is -2.19. The maximum absolute atomic E-state index is 13.5. The zero-order valence-electron chi connectivity index (χ0n) is 12.4. The normalized spacial score (nSPS) is 12.9. The van der Waals surface area contributed by atoms with Crippen LogP contribution in [-0.2, 0) is 6.42 Å². The lowest BCUT2D eigenvalue weighted by Crippen LogP contribution is -2.22. The van der Waals surface area contributed by atoms with Gasteiger partial charge in [-0.15, -0.1) is 0 Å². The molecule has 1 atom stereocenters. The van der Waals surface area contributed by atoms with Gasteiger partial charge in [0.15, 0.2) is 0 Å². The lowest BCUT2D eigenvalue weighted by molar-refractivity contribution is 0.476. The third-order valence-electron chi connectivity index (χ3n) is 3.49. The van der Waals surface area contributed by atoms with Crippen LogP contribution >= 0.6 is 0 Å². The van der Waals surface area contributed by atoms with Gasteiger partial charge in [0.1, 0.15) is 18.0 Å². The Morgan fingerprint density at radius 1 is 1.35 bits per heavy atom. The van der Waals surface area contributed by atoms with E-state index in [0.29, 0.717) is 6.42 Å².